The summed E-state index contributed by atoms with van der Waals surface area (Å²) in [5.41, 5.74) is 0.862. The second kappa shape index (κ2) is 4.82. The number of halogens is 1. The summed E-state index contributed by atoms with van der Waals surface area (Å²) >= 11 is 3.43. The van der Waals surface area contributed by atoms with Crippen LogP contribution in [-0.4, -0.2) is 43.0 Å². The first-order chi connectivity index (χ1) is 7.94. The number of carbonyl (C=O) groups is 1. The lowest BCUT2D eigenvalue weighted by molar-refractivity contribution is -0.128. The zero-order chi connectivity index (χ0) is 12.6. The van der Waals surface area contributed by atoms with Crippen LogP contribution in [0.4, 0.5) is 0 Å². The lowest BCUT2D eigenvalue weighted by Gasteiger charge is -2.45. The highest BCUT2D eigenvalue weighted by molar-refractivity contribution is 9.12. The van der Waals surface area contributed by atoms with Crippen LogP contribution in [-0.2, 0) is 9.53 Å². The largest absolute Gasteiger partial charge is 0.379 e. The van der Waals surface area contributed by atoms with Crippen LogP contribution in [0.2, 0.25) is 0 Å². The molecule has 17 heavy (non-hydrogen) atoms. The van der Waals surface area contributed by atoms with Gasteiger partial charge in [-0.2, -0.15) is 0 Å². The quantitative estimate of drug-likeness (QED) is 0.745. The van der Waals surface area contributed by atoms with Gasteiger partial charge in [-0.1, -0.05) is 19.4 Å². The number of ether oxygens (including phenoxy) is 1. The monoisotopic (exact) mass is 301 g/mol. The number of ketones is 1. The molecule has 0 saturated carbocycles. The molecular formula is C13H20BrNO2. The average molecular weight is 302 g/mol. The van der Waals surface area contributed by atoms with Crippen LogP contribution in [0.1, 0.15) is 27.2 Å². The molecule has 3 nitrogen and oxygen atoms in total. The number of Topliss-reactive ketones (excluding diaryl/α,β-unsaturated/α-hetero) is 1. The molecule has 1 fully saturated rings. The normalized spacial score (nSPS) is 30.8. The minimum Gasteiger partial charge on any atom is -0.379 e. The number of nitrogens with zero attached hydrogens (tertiary/aromatic N) is 1. The van der Waals surface area contributed by atoms with Gasteiger partial charge in [0.15, 0.2) is 5.78 Å². The van der Waals surface area contributed by atoms with Crippen molar-refractivity contribution in [1.82, 2.24) is 4.90 Å². The first-order valence-corrected chi connectivity index (χ1v) is 6.95. The van der Waals surface area contributed by atoms with E-state index in [1.165, 1.54) is 5.57 Å². The minimum absolute atomic E-state index is 0.234. The van der Waals surface area contributed by atoms with E-state index in [0.717, 1.165) is 37.2 Å². The van der Waals surface area contributed by atoms with Gasteiger partial charge in [-0.3, -0.25) is 9.69 Å². The maximum absolute atomic E-state index is 12.3. The molecule has 0 radical (unpaired) electrons. The van der Waals surface area contributed by atoms with Crippen molar-refractivity contribution < 1.29 is 9.53 Å². The summed E-state index contributed by atoms with van der Waals surface area (Å²) < 4.78 is 6.17. The van der Waals surface area contributed by atoms with Crippen LogP contribution in [0.15, 0.2) is 10.1 Å². The molecule has 2 rings (SSSR count). The molecule has 0 aromatic heterocycles. The van der Waals surface area contributed by atoms with Gasteiger partial charge in [-0.15, -0.1) is 0 Å². The van der Waals surface area contributed by atoms with Gasteiger partial charge in [-0.05, 0) is 29.3 Å². The van der Waals surface area contributed by atoms with E-state index in [1.54, 1.807) is 0 Å². The Bertz CT molecular complexity index is 356. The average Bonchev–Trinajstić information content (AvgIpc) is 2.33. The molecule has 1 atom stereocenters. The Hall–Kier alpha value is -0.190. The van der Waals surface area contributed by atoms with E-state index in [4.69, 9.17) is 4.74 Å². The number of rotatable bonds is 1. The Kier molecular flexibility index (Phi) is 3.76. The van der Waals surface area contributed by atoms with Gasteiger partial charge in [0.05, 0.1) is 17.7 Å². The van der Waals surface area contributed by atoms with E-state index in [9.17, 15) is 4.79 Å². The van der Waals surface area contributed by atoms with Gasteiger partial charge in [-0.25, -0.2) is 0 Å². The summed E-state index contributed by atoms with van der Waals surface area (Å²) in [6.45, 7) is 9.60. The van der Waals surface area contributed by atoms with Crippen molar-refractivity contribution in [3.05, 3.63) is 10.1 Å². The van der Waals surface area contributed by atoms with Crippen LogP contribution >= 0.6 is 15.9 Å². The summed E-state index contributed by atoms with van der Waals surface area (Å²) in [6, 6.07) is 0.306. The maximum Gasteiger partial charge on any atom is 0.176 e. The van der Waals surface area contributed by atoms with Crippen molar-refractivity contribution in [3.8, 4) is 0 Å². The highest BCUT2D eigenvalue weighted by Crippen LogP contribution is 2.41. The first-order valence-electron chi connectivity index (χ1n) is 6.16. The second-order valence-corrected chi connectivity index (χ2v) is 6.31. The summed E-state index contributed by atoms with van der Waals surface area (Å²) in [6.07, 6.45) is 0.972. The molecule has 0 N–H and O–H groups in total. The molecule has 1 aliphatic carbocycles. The molecule has 0 spiro atoms. The van der Waals surface area contributed by atoms with E-state index in [2.05, 4.69) is 34.7 Å². The third kappa shape index (κ3) is 2.35. The fourth-order valence-electron chi connectivity index (χ4n) is 2.74. The van der Waals surface area contributed by atoms with E-state index < -0.39 is 0 Å². The summed E-state index contributed by atoms with van der Waals surface area (Å²) in [4.78, 5) is 14.8. The van der Waals surface area contributed by atoms with Gasteiger partial charge in [0.2, 0.25) is 0 Å². The first kappa shape index (κ1) is 13.2. The van der Waals surface area contributed by atoms with Crippen molar-refractivity contribution in [2.75, 3.05) is 26.3 Å². The van der Waals surface area contributed by atoms with E-state index in [1.807, 2.05) is 6.92 Å². The van der Waals surface area contributed by atoms with Crippen molar-refractivity contribution in [2.24, 2.45) is 5.41 Å². The van der Waals surface area contributed by atoms with Crippen LogP contribution in [0.25, 0.3) is 0 Å². The van der Waals surface area contributed by atoms with E-state index >= 15 is 0 Å². The molecule has 2 aliphatic rings. The predicted octanol–water partition coefficient (Wildman–Crippen LogP) is 2.36. The molecule has 0 amide bonds. The van der Waals surface area contributed by atoms with Gasteiger partial charge in [0.1, 0.15) is 0 Å². The molecule has 96 valence electrons. The standard InChI is InChI=1S/C13H20BrNO2/c1-9-8-10(15-4-6-17-7-5-15)13(2,3)12(16)11(9)14/h10H,4-8H2,1-3H3. The van der Waals surface area contributed by atoms with Crippen molar-refractivity contribution in [3.63, 3.8) is 0 Å². The van der Waals surface area contributed by atoms with Gasteiger partial charge in [0.25, 0.3) is 0 Å². The number of hydrogen-bond acceptors (Lipinski definition) is 3. The Morgan fingerprint density at radius 3 is 2.53 bits per heavy atom. The molecule has 1 heterocycles. The minimum atomic E-state index is -0.310. The zero-order valence-electron chi connectivity index (χ0n) is 10.8. The van der Waals surface area contributed by atoms with Crippen molar-refractivity contribution >= 4 is 21.7 Å². The molecule has 0 aromatic carbocycles. The van der Waals surface area contributed by atoms with Crippen molar-refractivity contribution in [1.29, 1.82) is 0 Å². The van der Waals surface area contributed by atoms with Crippen LogP contribution < -0.4 is 0 Å². The number of carbonyl (C=O) groups excluding carboxylic acids is 1. The van der Waals surface area contributed by atoms with Crippen LogP contribution in [0.3, 0.4) is 0 Å². The molecule has 1 aliphatic heterocycles. The lowest BCUT2D eigenvalue weighted by atomic mass is 9.72. The number of morpholine rings is 1. The number of allylic oxidation sites excluding steroid dienone is 1. The van der Waals surface area contributed by atoms with Gasteiger partial charge >= 0.3 is 0 Å². The highest BCUT2D eigenvalue weighted by Gasteiger charge is 2.44. The lowest BCUT2D eigenvalue weighted by Crippen LogP contribution is -2.54. The number of hydrogen-bond donors (Lipinski definition) is 0. The third-order valence-electron chi connectivity index (χ3n) is 3.98. The smallest absolute Gasteiger partial charge is 0.176 e. The van der Waals surface area contributed by atoms with Gasteiger partial charge < -0.3 is 4.74 Å². The Balaban J connectivity index is 2.25. The van der Waals surface area contributed by atoms with Crippen molar-refractivity contribution in [2.45, 2.75) is 33.2 Å². The molecular weight excluding hydrogens is 282 g/mol. The Morgan fingerprint density at radius 2 is 1.94 bits per heavy atom. The fourth-order valence-corrected chi connectivity index (χ4v) is 3.41. The zero-order valence-corrected chi connectivity index (χ0v) is 12.3. The molecule has 1 saturated heterocycles. The molecule has 0 aromatic rings. The van der Waals surface area contributed by atoms with Crippen LogP contribution in [0, 0.1) is 5.41 Å². The van der Waals surface area contributed by atoms with Crippen LogP contribution in [0.5, 0.6) is 0 Å². The topological polar surface area (TPSA) is 29.5 Å². The second-order valence-electron chi connectivity index (χ2n) is 5.51. The van der Waals surface area contributed by atoms with E-state index in [-0.39, 0.29) is 11.2 Å². The highest BCUT2D eigenvalue weighted by atomic mass is 79.9. The maximum atomic E-state index is 12.3. The Morgan fingerprint density at radius 1 is 1.35 bits per heavy atom. The Labute approximate surface area is 111 Å². The summed E-state index contributed by atoms with van der Waals surface area (Å²) in [5, 5.41) is 0. The molecule has 1 unspecified atom stereocenters. The van der Waals surface area contributed by atoms with E-state index in [0.29, 0.717) is 6.04 Å². The summed E-state index contributed by atoms with van der Waals surface area (Å²) in [7, 11) is 0. The predicted molar refractivity (Wildman–Crippen MR) is 71.2 cm³/mol. The summed E-state index contributed by atoms with van der Waals surface area (Å²) in [5.74, 6) is 0.234. The molecule has 4 heteroatoms. The third-order valence-corrected chi connectivity index (χ3v) is 5.02. The fraction of sp³-hybridized carbons (Fsp3) is 0.769. The molecule has 0 bridgehead atoms. The van der Waals surface area contributed by atoms with Gasteiger partial charge in [0, 0.05) is 24.5 Å². The SMILES string of the molecule is CC1=C(Br)C(=O)C(C)(C)C(N2CCOCC2)C1.